The van der Waals surface area contributed by atoms with Crippen molar-refractivity contribution in [2.45, 2.75) is 13.0 Å². The molecule has 0 aliphatic carbocycles. The van der Waals surface area contributed by atoms with Gasteiger partial charge in [-0.1, -0.05) is 0 Å². The molecule has 4 rings (SSSR count). The molecular weight excluding hydrogens is 310 g/mol. The van der Waals surface area contributed by atoms with Gasteiger partial charge in [0.1, 0.15) is 17.3 Å². The van der Waals surface area contributed by atoms with Crippen LogP contribution in [-0.2, 0) is 4.74 Å². The molecule has 126 valence electrons. The van der Waals surface area contributed by atoms with Gasteiger partial charge in [-0.3, -0.25) is 9.88 Å². The molecule has 1 fully saturated rings. The second-order valence-corrected chi connectivity index (χ2v) is 5.73. The number of morpholine rings is 1. The van der Waals surface area contributed by atoms with Gasteiger partial charge in [0.15, 0.2) is 5.65 Å². The first-order valence-corrected chi connectivity index (χ1v) is 7.95. The number of anilines is 1. The molecule has 1 N–H and O–H groups in total. The summed E-state index contributed by atoms with van der Waals surface area (Å²) in [5.41, 5.74) is 0.608. The van der Waals surface area contributed by atoms with E-state index in [9.17, 15) is 0 Å². The van der Waals surface area contributed by atoms with E-state index < -0.39 is 0 Å². The number of tetrazole rings is 1. The minimum absolute atomic E-state index is 0.106. The molecule has 1 atom stereocenters. The van der Waals surface area contributed by atoms with E-state index in [2.05, 4.69) is 30.7 Å². The predicted octanol–water partition coefficient (Wildman–Crippen LogP) is 0.906. The maximum Gasteiger partial charge on any atom is 0.199 e. The minimum Gasteiger partial charge on any atom is -0.465 e. The third-order valence-electron chi connectivity index (χ3n) is 4.16. The van der Waals surface area contributed by atoms with E-state index in [0.29, 0.717) is 12.2 Å². The number of nitrogens with one attached hydrogen (secondary N) is 1. The molecule has 0 aromatic carbocycles. The van der Waals surface area contributed by atoms with Crippen LogP contribution in [0.1, 0.15) is 17.6 Å². The topological polar surface area (TPSA) is 93.6 Å². The van der Waals surface area contributed by atoms with Crippen molar-refractivity contribution in [1.82, 2.24) is 29.9 Å². The van der Waals surface area contributed by atoms with Crippen LogP contribution in [0.2, 0.25) is 0 Å². The highest BCUT2D eigenvalue weighted by molar-refractivity contribution is 5.43. The van der Waals surface area contributed by atoms with Crippen molar-refractivity contribution in [2.75, 3.05) is 38.2 Å². The molecule has 0 unspecified atom stereocenters. The highest BCUT2D eigenvalue weighted by Gasteiger charge is 2.25. The van der Waals surface area contributed by atoms with Gasteiger partial charge >= 0.3 is 0 Å². The number of nitrogens with zero attached hydrogens (tertiary/aromatic N) is 6. The van der Waals surface area contributed by atoms with Gasteiger partial charge in [0.25, 0.3) is 0 Å². The summed E-state index contributed by atoms with van der Waals surface area (Å²) in [6, 6.07) is 4.13. The first-order valence-electron chi connectivity index (χ1n) is 7.95. The van der Waals surface area contributed by atoms with Crippen LogP contribution in [0.15, 0.2) is 28.9 Å². The summed E-state index contributed by atoms with van der Waals surface area (Å²) in [6.07, 6.45) is 3.34. The second-order valence-electron chi connectivity index (χ2n) is 5.73. The van der Waals surface area contributed by atoms with Gasteiger partial charge < -0.3 is 14.5 Å². The molecule has 0 radical (unpaired) electrons. The maximum absolute atomic E-state index is 5.87. The van der Waals surface area contributed by atoms with Gasteiger partial charge in [-0.15, -0.1) is 5.10 Å². The molecule has 1 saturated heterocycles. The highest BCUT2D eigenvalue weighted by Crippen LogP contribution is 2.24. The third kappa shape index (κ3) is 2.95. The number of ether oxygens (including phenoxy) is 1. The Labute approximate surface area is 138 Å². The average Bonchev–Trinajstić information content (AvgIpc) is 3.25. The van der Waals surface area contributed by atoms with Crippen LogP contribution in [-0.4, -0.2) is 62.8 Å². The molecule has 3 aromatic rings. The number of hydrogen-bond donors (Lipinski definition) is 1. The molecule has 4 heterocycles. The van der Waals surface area contributed by atoms with Crippen molar-refractivity contribution < 1.29 is 9.15 Å². The summed E-state index contributed by atoms with van der Waals surface area (Å²) in [4.78, 5) is 6.53. The van der Waals surface area contributed by atoms with Crippen LogP contribution in [0, 0.1) is 6.92 Å². The van der Waals surface area contributed by atoms with Gasteiger partial charge in [0.05, 0.1) is 31.6 Å². The fourth-order valence-electron chi connectivity index (χ4n) is 2.93. The van der Waals surface area contributed by atoms with Crippen LogP contribution in [0.4, 0.5) is 5.82 Å². The molecular formula is C15H19N7O2. The largest absolute Gasteiger partial charge is 0.465 e. The number of furan rings is 1. The van der Waals surface area contributed by atoms with E-state index in [-0.39, 0.29) is 6.04 Å². The number of rotatable bonds is 5. The van der Waals surface area contributed by atoms with Gasteiger partial charge in [0.2, 0.25) is 0 Å². The minimum atomic E-state index is 0.106. The first-order chi connectivity index (χ1) is 11.8. The summed E-state index contributed by atoms with van der Waals surface area (Å²) in [5.74, 6) is 2.60. The summed E-state index contributed by atoms with van der Waals surface area (Å²) < 4.78 is 13.0. The van der Waals surface area contributed by atoms with Crippen molar-refractivity contribution in [2.24, 2.45) is 0 Å². The Morgan fingerprint density at radius 1 is 1.25 bits per heavy atom. The monoisotopic (exact) mass is 329 g/mol. The lowest BCUT2D eigenvalue weighted by Gasteiger charge is -2.33. The lowest BCUT2D eigenvalue weighted by molar-refractivity contribution is 0.0143. The smallest absolute Gasteiger partial charge is 0.199 e. The summed E-state index contributed by atoms with van der Waals surface area (Å²) in [5, 5.41) is 15.0. The Bertz CT molecular complexity index is 809. The molecule has 9 heteroatoms. The van der Waals surface area contributed by atoms with Crippen molar-refractivity contribution in [3.63, 3.8) is 0 Å². The van der Waals surface area contributed by atoms with E-state index in [1.165, 1.54) is 0 Å². The van der Waals surface area contributed by atoms with E-state index in [1.807, 2.05) is 19.1 Å². The molecule has 0 spiro atoms. The zero-order valence-corrected chi connectivity index (χ0v) is 13.4. The standard InChI is InChI=1S/C15H19N7O2/c1-11-2-3-13(24-11)12(21-4-6-23-7-5-21)8-17-14-9-16-10-15-18-19-20-22(14)15/h2-3,9-10,12,17H,4-8H2,1H3/t12-/m0/s1. The van der Waals surface area contributed by atoms with Crippen molar-refractivity contribution in [1.29, 1.82) is 0 Å². The quantitative estimate of drug-likeness (QED) is 0.738. The van der Waals surface area contributed by atoms with E-state index in [1.54, 1.807) is 16.9 Å². The van der Waals surface area contributed by atoms with Crippen molar-refractivity contribution in [3.05, 3.63) is 36.0 Å². The van der Waals surface area contributed by atoms with Gasteiger partial charge in [-0.2, -0.15) is 4.52 Å². The van der Waals surface area contributed by atoms with Crippen molar-refractivity contribution >= 4 is 11.5 Å². The fraction of sp³-hybridized carbons (Fsp3) is 0.467. The Hall–Kier alpha value is -2.52. The van der Waals surface area contributed by atoms with Crippen LogP contribution >= 0.6 is 0 Å². The van der Waals surface area contributed by atoms with Gasteiger partial charge in [-0.25, -0.2) is 0 Å². The molecule has 3 aromatic heterocycles. The lowest BCUT2D eigenvalue weighted by atomic mass is 10.1. The van der Waals surface area contributed by atoms with E-state index in [0.717, 1.165) is 43.6 Å². The van der Waals surface area contributed by atoms with Crippen LogP contribution in [0.25, 0.3) is 5.65 Å². The summed E-state index contributed by atoms with van der Waals surface area (Å²) >= 11 is 0. The third-order valence-corrected chi connectivity index (χ3v) is 4.16. The van der Waals surface area contributed by atoms with Gasteiger partial charge in [0, 0.05) is 19.6 Å². The fourth-order valence-corrected chi connectivity index (χ4v) is 2.93. The molecule has 0 amide bonds. The number of aromatic nitrogens is 5. The number of fused-ring (bicyclic) bond motifs is 1. The maximum atomic E-state index is 5.87. The predicted molar refractivity (Wildman–Crippen MR) is 85.6 cm³/mol. The molecule has 1 aliphatic heterocycles. The summed E-state index contributed by atoms with van der Waals surface area (Å²) in [6.45, 7) is 5.84. The van der Waals surface area contributed by atoms with E-state index >= 15 is 0 Å². The Morgan fingerprint density at radius 3 is 2.92 bits per heavy atom. The van der Waals surface area contributed by atoms with E-state index in [4.69, 9.17) is 9.15 Å². The van der Waals surface area contributed by atoms with Crippen LogP contribution in [0.3, 0.4) is 0 Å². The molecule has 0 bridgehead atoms. The Kier molecular flexibility index (Phi) is 4.09. The first kappa shape index (κ1) is 15.0. The van der Waals surface area contributed by atoms with Crippen LogP contribution < -0.4 is 5.32 Å². The number of aryl methyl sites for hydroxylation is 1. The molecule has 1 aliphatic rings. The van der Waals surface area contributed by atoms with Gasteiger partial charge in [-0.05, 0) is 29.5 Å². The molecule has 0 saturated carbocycles. The Balaban J connectivity index is 1.56. The zero-order valence-electron chi connectivity index (χ0n) is 13.4. The highest BCUT2D eigenvalue weighted by atomic mass is 16.5. The normalized spacial score (nSPS) is 17.2. The Morgan fingerprint density at radius 2 is 2.12 bits per heavy atom. The zero-order chi connectivity index (χ0) is 16.4. The summed E-state index contributed by atoms with van der Waals surface area (Å²) in [7, 11) is 0. The van der Waals surface area contributed by atoms with Crippen LogP contribution in [0.5, 0.6) is 0 Å². The SMILES string of the molecule is Cc1ccc([C@H](CNc2cncc3nnnn23)N2CCOCC2)o1. The molecule has 24 heavy (non-hydrogen) atoms. The van der Waals surface area contributed by atoms with Crippen molar-refractivity contribution in [3.8, 4) is 0 Å². The number of hydrogen-bond acceptors (Lipinski definition) is 8. The average molecular weight is 329 g/mol. The molecule has 9 nitrogen and oxygen atoms in total. The second kappa shape index (κ2) is 6.54. The lowest BCUT2D eigenvalue weighted by Crippen LogP contribution is -2.41.